The van der Waals surface area contributed by atoms with Crippen molar-refractivity contribution in [3.63, 3.8) is 0 Å². The summed E-state index contributed by atoms with van der Waals surface area (Å²) in [5.41, 5.74) is 0.868. The predicted octanol–water partition coefficient (Wildman–Crippen LogP) is 4.29. The average Bonchev–Trinajstić information content (AvgIpc) is 2.50. The number of aryl methyl sites for hydroxylation is 1. The summed E-state index contributed by atoms with van der Waals surface area (Å²) < 4.78 is 15.6. The standard InChI is InChI=1S/C16H22Cl2O4/c1-3-4-7-21-8-9-22-16-13(17)10-12(11-14(16)18)5-6-15(19)20-2/h10-11H,3-9H2,1-2H3. The van der Waals surface area contributed by atoms with Crippen LogP contribution in [0.5, 0.6) is 5.75 Å². The maximum atomic E-state index is 11.1. The fourth-order valence-corrected chi connectivity index (χ4v) is 2.44. The molecule has 0 atom stereocenters. The quantitative estimate of drug-likeness (QED) is 0.467. The van der Waals surface area contributed by atoms with Crippen molar-refractivity contribution in [2.24, 2.45) is 0 Å². The van der Waals surface area contributed by atoms with Crippen molar-refractivity contribution in [1.82, 2.24) is 0 Å². The lowest BCUT2D eigenvalue weighted by Crippen LogP contribution is -2.08. The zero-order chi connectivity index (χ0) is 16.4. The van der Waals surface area contributed by atoms with E-state index < -0.39 is 0 Å². The third kappa shape index (κ3) is 6.86. The highest BCUT2D eigenvalue weighted by Gasteiger charge is 2.11. The van der Waals surface area contributed by atoms with Gasteiger partial charge < -0.3 is 14.2 Å². The molecule has 0 bridgehead atoms. The fourth-order valence-electron chi connectivity index (χ4n) is 1.79. The summed E-state index contributed by atoms with van der Waals surface area (Å²) in [5.74, 6) is 0.182. The number of halogens is 2. The maximum Gasteiger partial charge on any atom is 0.305 e. The van der Waals surface area contributed by atoms with Crippen molar-refractivity contribution in [1.29, 1.82) is 0 Å². The molecule has 1 aromatic rings. The van der Waals surface area contributed by atoms with Crippen LogP contribution in [0.1, 0.15) is 31.7 Å². The Bertz CT molecular complexity index is 454. The molecule has 0 amide bonds. The molecule has 0 aliphatic heterocycles. The number of carbonyl (C=O) groups is 1. The molecule has 0 aromatic heterocycles. The summed E-state index contributed by atoms with van der Waals surface area (Å²) in [6.45, 7) is 3.73. The first-order chi connectivity index (χ1) is 10.6. The van der Waals surface area contributed by atoms with Crippen molar-refractivity contribution in [3.8, 4) is 5.75 Å². The fraction of sp³-hybridized carbons (Fsp3) is 0.562. The Morgan fingerprint density at radius 3 is 2.41 bits per heavy atom. The van der Waals surface area contributed by atoms with E-state index >= 15 is 0 Å². The van der Waals surface area contributed by atoms with E-state index in [2.05, 4.69) is 11.7 Å². The number of ether oxygens (including phenoxy) is 3. The molecular weight excluding hydrogens is 327 g/mol. The highest BCUT2D eigenvalue weighted by molar-refractivity contribution is 6.37. The summed E-state index contributed by atoms with van der Waals surface area (Å²) >= 11 is 12.4. The van der Waals surface area contributed by atoms with E-state index in [4.69, 9.17) is 32.7 Å². The van der Waals surface area contributed by atoms with Gasteiger partial charge in [-0.3, -0.25) is 4.79 Å². The molecule has 0 aliphatic carbocycles. The molecule has 0 spiro atoms. The molecule has 0 N–H and O–H groups in total. The first-order valence-electron chi connectivity index (χ1n) is 7.33. The van der Waals surface area contributed by atoms with Gasteiger partial charge in [-0.1, -0.05) is 36.5 Å². The number of benzene rings is 1. The van der Waals surface area contributed by atoms with Crippen LogP contribution < -0.4 is 4.74 Å². The van der Waals surface area contributed by atoms with Gasteiger partial charge in [0.1, 0.15) is 6.61 Å². The second-order valence-electron chi connectivity index (χ2n) is 4.78. The number of unbranched alkanes of at least 4 members (excludes halogenated alkanes) is 1. The highest BCUT2D eigenvalue weighted by atomic mass is 35.5. The number of hydrogen-bond acceptors (Lipinski definition) is 4. The second-order valence-corrected chi connectivity index (χ2v) is 5.59. The normalized spacial score (nSPS) is 10.5. The topological polar surface area (TPSA) is 44.8 Å². The average molecular weight is 349 g/mol. The van der Waals surface area contributed by atoms with Crippen LogP contribution in [0.15, 0.2) is 12.1 Å². The number of carbonyl (C=O) groups excluding carboxylic acids is 1. The zero-order valence-corrected chi connectivity index (χ0v) is 14.5. The molecule has 22 heavy (non-hydrogen) atoms. The molecular formula is C16H22Cl2O4. The van der Waals surface area contributed by atoms with Crippen molar-refractivity contribution in [3.05, 3.63) is 27.7 Å². The lowest BCUT2D eigenvalue weighted by molar-refractivity contribution is -0.140. The van der Waals surface area contributed by atoms with Gasteiger partial charge in [0.2, 0.25) is 0 Å². The predicted molar refractivity (Wildman–Crippen MR) is 88.0 cm³/mol. The van der Waals surface area contributed by atoms with Crippen LogP contribution in [0.3, 0.4) is 0 Å². The van der Waals surface area contributed by atoms with Gasteiger partial charge in [-0.2, -0.15) is 0 Å². The Morgan fingerprint density at radius 2 is 1.82 bits per heavy atom. The number of methoxy groups -OCH3 is 1. The van der Waals surface area contributed by atoms with Crippen molar-refractivity contribution in [2.75, 3.05) is 26.9 Å². The van der Waals surface area contributed by atoms with E-state index in [1.165, 1.54) is 7.11 Å². The van der Waals surface area contributed by atoms with Crippen LogP contribution in [0.2, 0.25) is 10.0 Å². The number of esters is 1. The van der Waals surface area contributed by atoms with E-state index in [9.17, 15) is 4.79 Å². The first-order valence-corrected chi connectivity index (χ1v) is 8.09. The molecule has 124 valence electrons. The lowest BCUT2D eigenvalue weighted by atomic mass is 10.1. The van der Waals surface area contributed by atoms with Gasteiger partial charge >= 0.3 is 5.97 Å². The Morgan fingerprint density at radius 1 is 1.14 bits per heavy atom. The van der Waals surface area contributed by atoms with Crippen LogP contribution in [-0.4, -0.2) is 32.9 Å². The van der Waals surface area contributed by atoms with Crippen LogP contribution in [-0.2, 0) is 20.7 Å². The summed E-state index contributed by atoms with van der Waals surface area (Å²) in [5, 5.41) is 0.863. The summed E-state index contributed by atoms with van der Waals surface area (Å²) in [4.78, 5) is 11.1. The second kappa shape index (κ2) is 10.7. The van der Waals surface area contributed by atoms with E-state index in [0.717, 1.165) is 25.0 Å². The van der Waals surface area contributed by atoms with Crippen LogP contribution in [0, 0.1) is 0 Å². The van der Waals surface area contributed by atoms with Crippen LogP contribution in [0.25, 0.3) is 0 Å². The minimum Gasteiger partial charge on any atom is -0.488 e. The molecule has 0 saturated carbocycles. The minimum atomic E-state index is -0.267. The molecule has 0 unspecified atom stereocenters. The van der Waals surface area contributed by atoms with Gasteiger partial charge in [-0.05, 0) is 30.5 Å². The minimum absolute atomic E-state index is 0.267. The summed E-state index contributed by atoms with van der Waals surface area (Å²) in [6.07, 6.45) is 2.95. The number of rotatable bonds is 10. The first kappa shape index (κ1) is 19.1. The van der Waals surface area contributed by atoms with Gasteiger partial charge in [-0.25, -0.2) is 0 Å². The molecule has 0 saturated heterocycles. The van der Waals surface area contributed by atoms with E-state index in [0.29, 0.717) is 35.4 Å². The zero-order valence-electron chi connectivity index (χ0n) is 13.0. The van der Waals surface area contributed by atoms with E-state index in [-0.39, 0.29) is 12.4 Å². The Labute approximate surface area is 141 Å². The Balaban J connectivity index is 2.49. The lowest BCUT2D eigenvalue weighted by Gasteiger charge is -2.12. The molecule has 0 heterocycles. The van der Waals surface area contributed by atoms with E-state index in [1.807, 2.05) is 0 Å². The molecule has 0 aliphatic rings. The van der Waals surface area contributed by atoms with Crippen molar-refractivity contribution < 1.29 is 19.0 Å². The van der Waals surface area contributed by atoms with Crippen molar-refractivity contribution in [2.45, 2.75) is 32.6 Å². The molecule has 6 heteroatoms. The molecule has 4 nitrogen and oxygen atoms in total. The largest absolute Gasteiger partial charge is 0.488 e. The molecule has 1 rings (SSSR count). The monoisotopic (exact) mass is 348 g/mol. The van der Waals surface area contributed by atoms with E-state index in [1.54, 1.807) is 12.1 Å². The third-order valence-electron chi connectivity index (χ3n) is 3.02. The Kier molecular flexibility index (Phi) is 9.28. The SMILES string of the molecule is CCCCOCCOc1c(Cl)cc(CCC(=O)OC)cc1Cl. The van der Waals surface area contributed by atoms with Gasteiger partial charge in [0.15, 0.2) is 5.75 Å². The van der Waals surface area contributed by atoms with Crippen LogP contribution in [0.4, 0.5) is 0 Å². The summed E-state index contributed by atoms with van der Waals surface area (Å²) in [6, 6.07) is 3.51. The van der Waals surface area contributed by atoms with Gasteiger partial charge in [0, 0.05) is 13.0 Å². The van der Waals surface area contributed by atoms with Gasteiger partial charge in [-0.15, -0.1) is 0 Å². The smallest absolute Gasteiger partial charge is 0.305 e. The van der Waals surface area contributed by atoms with Crippen molar-refractivity contribution >= 4 is 29.2 Å². The van der Waals surface area contributed by atoms with Gasteiger partial charge in [0.25, 0.3) is 0 Å². The molecule has 0 fully saturated rings. The Hall–Kier alpha value is -0.970. The number of hydrogen-bond donors (Lipinski definition) is 0. The third-order valence-corrected chi connectivity index (χ3v) is 3.58. The summed E-state index contributed by atoms with van der Waals surface area (Å²) in [7, 11) is 1.36. The highest BCUT2D eigenvalue weighted by Crippen LogP contribution is 2.34. The molecule has 0 radical (unpaired) electrons. The van der Waals surface area contributed by atoms with Gasteiger partial charge in [0.05, 0.1) is 23.8 Å². The van der Waals surface area contributed by atoms with Crippen LogP contribution >= 0.6 is 23.2 Å². The molecule has 1 aromatic carbocycles. The maximum absolute atomic E-state index is 11.1.